The summed E-state index contributed by atoms with van der Waals surface area (Å²) in [6, 6.07) is 16.3. The Morgan fingerprint density at radius 2 is 1.65 bits per heavy atom. The van der Waals surface area contributed by atoms with Crippen molar-refractivity contribution >= 4 is 23.3 Å². The highest BCUT2D eigenvalue weighted by Gasteiger charge is 2.03. The van der Waals surface area contributed by atoms with Crippen molar-refractivity contribution < 1.29 is 4.90 Å². The zero-order valence-corrected chi connectivity index (χ0v) is 13.7. The molecule has 0 radical (unpaired) electrons. The van der Waals surface area contributed by atoms with E-state index in [1.54, 1.807) is 0 Å². The summed E-state index contributed by atoms with van der Waals surface area (Å²) < 4.78 is 0. The van der Waals surface area contributed by atoms with Crippen LogP contribution < -0.4 is 20.2 Å². The molecule has 4 heteroatoms. The summed E-state index contributed by atoms with van der Waals surface area (Å²) in [6.45, 7) is 0. The lowest BCUT2D eigenvalue weighted by Crippen LogP contribution is -2.99. The molecule has 23 heavy (non-hydrogen) atoms. The standard InChI is InChI=1S/C19H20N4/c1-22(2)17-10-8-16(9-11-17)20-21-19-12-13-23(3)14-15-6-4-5-7-18(15)19/h4-14H,1-3H3/p+1. The van der Waals surface area contributed by atoms with Crippen LogP contribution >= 0.6 is 0 Å². The van der Waals surface area contributed by atoms with E-state index in [0.717, 1.165) is 22.3 Å². The van der Waals surface area contributed by atoms with E-state index in [9.17, 15) is 0 Å². The van der Waals surface area contributed by atoms with Crippen molar-refractivity contribution in [3.05, 3.63) is 71.2 Å². The fraction of sp³-hybridized carbons (Fsp3) is 0.158. The first-order valence-electron chi connectivity index (χ1n) is 7.65. The Morgan fingerprint density at radius 3 is 2.39 bits per heavy atom. The summed E-state index contributed by atoms with van der Waals surface area (Å²) in [5.41, 5.74) is 2.88. The van der Waals surface area contributed by atoms with E-state index < -0.39 is 0 Å². The Balaban J connectivity index is 1.98. The first-order valence-corrected chi connectivity index (χ1v) is 7.65. The van der Waals surface area contributed by atoms with E-state index in [1.165, 1.54) is 10.1 Å². The average Bonchev–Trinajstić information content (AvgIpc) is 2.71. The summed E-state index contributed by atoms with van der Waals surface area (Å²) in [6.07, 6.45) is 6.26. The Hall–Kier alpha value is -2.72. The van der Waals surface area contributed by atoms with E-state index >= 15 is 0 Å². The molecule has 0 aromatic heterocycles. The maximum Gasteiger partial charge on any atom is 0.107 e. The quantitative estimate of drug-likeness (QED) is 0.855. The van der Waals surface area contributed by atoms with Gasteiger partial charge in [-0.3, -0.25) is 4.90 Å². The summed E-state index contributed by atoms with van der Waals surface area (Å²) in [5.74, 6) is 0. The zero-order chi connectivity index (χ0) is 16.2. The largest absolute Gasteiger partial charge is 0.378 e. The van der Waals surface area contributed by atoms with Gasteiger partial charge in [0.1, 0.15) is 12.4 Å². The lowest BCUT2D eigenvalue weighted by molar-refractivity contribution is -0.733. The molecule has 2 aromatic carbocycles. The van der Waals surface area contributed by atoms with Gasteiger partial charge in [-0.05, 0) is 30.3 Å². The van der Waals surface area contributed by atoms with E-state index in [1.807, 2.05) is 56.6 Å². The maximum atomic E-state index is 4.47. The van der Waals surface area contributed by atoms with Crippen molar-refractivity contribution in [2.75, 3.05) is 26.0 Å². The predicted molar refractivity (Wildman–Crippen MR) is 94.9 cm³/mol. The van der Waals surface area contributed by atoms with Crippen LogP contribution in [0, 0.1) is 0 Å². The number of azo groups is 1. The van der Waals surface area contributed by atoms with Crippen molar-refractivity contribution in [1.82, 2.24) is 0 Å². The maximum absolute atomic E-state index is 4.47. The second-order valence-electron chi connectivity index (χ2n) is 5.81. The molecule has 1 N–H and O–H groups in total. The number of fused-ring (bicyclic) bond motifs is 1. The topological polar surface area (TPSA) is 32.4 Å². The number of quaternary nitrogens is 1. The van der Waals surface area contributed by atoms with Crippen molar-refractivity contribution in [2.24, 2.45) is 10.2 Å². The Bertz CT molecular complexity index is 861. The molecule has 1 heterocycles. The van der Waals surface area contributed by atoms with Crippen LogP contribution in [0.4, 0.5) is 11.4 Å². The van der Waals surface area contributed by atoms with Crippen LogP contribution in [0.15, 0.2) is 71.0 Å². The molecule has 116 valence electrons. The van der Waals surface area contributed by atoms with E-state index in [-0.39, 0.29) is 0 Å². The SMILES string of the molecule is CN(C)c1ccc(N=NC2=c3ccccc3=C[NH+](C)C=C2)cc1. The lowest BCUT2D eigenvalue weighted by atomic mass is 10.2. The average molecular weight is 305 g/mol. The lowest BCUT2D eigenvalue weighted by Gasteiger charge is -2.11. The van der Waals surface area contributed by atoms with Crippen LogP contribution in [0.3, 0.4) is 0 Å². The van der Waals surface area contributed by atoms with Gasteiger partial charge in [0.05, 0.1) is 18.4 Å². The molecule has 0 aliphatic carbocycles. The van der Waals surface area contributed by atoms with Crippen LogP contribution in [0.5, 0.6) is 0 Å². The molecule has 0 spiro atoms. The first kappa shape index (κ1) is 15.2. The number of nitrogens with zero attached hydrogens (tertiary/aromatic N) is 3. The highest BCUT2D eigenvalue weighted by atomic mass is 15.1. The van der Waals surface area contributed by atoms with Crippen molar-refractivity contribution in [3.8, 4) is 0 Å². The fourth-order valence-electron chi connectivity index (χ4n) is 2.47. The minimum absolute atomic E-state index is 0.850. The molecule has 1 unspecified atom stereocenters. The second-order valence-corrected chi connectivity index (χ2v) is 5.81. The van der Waals surface area contributed by atoms with E-state index in [2.05, 4.69) is 46.7 Å². The Morgan fingerprint density at radius 1 is 0.913 bits per heavy atom. The third-order valence-corrected chi connectivity index (χ3v) is 3.76. The normalized spacial score (nSPS) is 16.8. The second kappa shape index (κ2) is 6.58. The van der Waals surface area contributed by atoms with Gasteiger partial charge in [-0.15, -0.1) is 5.11 Å². The van der Waals surface area contributed by atoms with E-state index in [0.29, 0.717) is 0 Å². The molecular formula is C19H21N4+. The fourth-order valence-corrected chi connectivity index (χ4v) is 2.47. The minimum Gasteiger partial charge on any atom is -0.378 e. The molecule has 1 aliphatic rings. The van der Waals surface area contributed by atoms with Crippen LogP contribution in [0.1, 0.15) is 0 Å². The third kappa shape index (κ3) is 3.55. The molecular weight excluding hydrogens is 284 g/mol. The summed E-state index contributed by atoms with van der Waals surface area (Å²) >= 11 is 0. The molecule has 1 aliphatic heterocycles. The van der Waals surface area contributed by atoms with Crippen LogP contribution in [-0.2, 0) is 0 Å². The van der Waals surface area contributed by atoms with Gasteiger partial charge in [0.2, 0.25) is 0 Å². The molecule has 0 saturated heterocycles. The Kier molecular flexibility index (Phi) is 4.35. The number of hydrogen-bond donors (Lipinski definition) is 1. The molecule has 4 nitrogen and oxygen atoms in total. The molecule has 0 amide bonds. The molecule has 0 bridgehead atoms. The van der Waals surface area contributed by atoms with Crippen molar-refractivity contribution in [1.29, 1.82) is 0 Å². The Labute approximate surface area is 136 Å². The summed E-state index contributed by atoms with van der Waals surface area (Å²) in [5, 5.41) is 11.1. The smallest absolute Gasteiger partial charge is 0.107 e. The van der Waals surface area contributed by atoms with Gasteiger partial charge >= 0.3 is 0 Å². The summed E-state index contributed by atoms with van der Waals surface area (Å²) in [7, 11) is 6.14. The number of hydrogen-bond acceptors (Lipinski definition) is 3. The predicted octanol–water partition coefficient (Wildman–Crippen LogP) is 1.42. The molecule has 2 aromatic rings. The highest BCUT2D eigenvalue weighted by Crippen LogP contribution is 2.19. The van der Waals surface area contributed by atoms with Crippen LogP contribution in [0.25, 0.3) is 11.9 Å². The van der Waals surface area contributed by atoms with Gasteiger partial charge in [-0.1, -0.05) is 18.2 Å². The minimum atomic E-state index is 0.850. The molecule has 0 saturated carbocycles. The van der Waals surface area contributed by atoms with Gasteiger partial charge in [-0.2, -0.15) is 5.11 Å². The van der Waals surface area contributed by atoms with Gasteiger partial charge in [0.25, 0.3) is 0 Å². The first-order chi connectivity index (χ1) is 11.1. The third-order valence-electron chi connectivity index (χ3n) is 3.76. The molecule has 3 rings (SSSR count). The molecule has 1 atom stereocenters. The van der Waals surface area contributed by atoms with Crippen molar-refractivity contribution in [3.63, 3.8) is 0 Å². The van der Waals surface area contributed by atoms with Crippen molar-refractivity contribution in [2.45, 2.75) is 0 Å². The van der Waals surface area contributed by atoms with Crippen LogP contribution in [-0.4, -0.2) is 21.1 Å². The number of rotatable bonds is 3. The number of benzene rings is 2. The highest BCUT2D eigenvalue weighted by molar-refractivity contribution is 5.57. The zero-order valence-electron chi connectivity index (χ0n) is 13.7. The van der Waals surface area contributed by atoms with Gasteiger partial charge in [0, 0.05) is 36.3 Å². The molecule has 0 fully saturated rings. The van der Waals surface area contributed by atoms with Gasteiger partial charge < -0.3 is 4.90 Å². The van der Waals surface area contributed by atoms with Gasteiger partial charge in [-0.25, -0.2) is 0 Å². The van der Waals surface area contributed by atoms with Gasteiger partial charge in [0.15, 0.2) is 0 Å². The van der Waals surface area contributed by atoms with E-state index in [4.69, 9.17) is 0 Å². The monoisotopic (exact) mass is 305 g/mol. The van der Waals surface area contributed by atoms with Crippen LogP contribution in [0.2, 0.25) is 0 Å². The number of anilines is 1. The summed E-state index contributed by atoms with van der Waals surface area (Å²) in [4.78, 5) is 3.27. The number of nitrogens with one attached hydrogen (secondary N) is 1.